The van der Waals surface area contributed by atoms with Crippen molar-refractivity contribution in [3.05, 3.63) is 36.5 Å². The third-order valence-electron chi connectivity index (χ3n) is 7.79. The molecule has 1 amide bonds. The second-order valence-electron chi connectivity index (χ2n) is 11.7. The highest BCUT2D eigenvalue weighted by Gasteiger charge is 2.26. The summed E-state index contributed by atoms with van der Waals surface area (Å²) in [5.41, 5.74) is 0. The summed E-state index contributed by atoms with van der Waals surface area (Å²) < 4.78 is 0. The van der Waals surface area contributed by atoms with Crippen molar-refractivity contribution in [2.24, 2.45) is 0 Å². The maximum Gasteiger partial charge on any atom is 0.220 e. The second kappa shape index (κ2) is 31.5. The van der Waals surface area contributed by atoms with Crippen molar-refractivity contribution in [2.45, 2.75) is 180 Å². The van der Waals surface area contributed by atoms with Crippen molar-refractivity contribution < 1.29 is 20.1 Å². The van der Waals surface area contributed by atoms with E-state index in [0.717, 1.165) is 44.9 Å². The Hall–Kier alpha value is -1.43. The number of amides is 1. The van der Waals surface area contributed by atoms with E-state index in [0.29, 0.717) is 12.8 Å². The molecule has 0 rings (SSSR count). The van der Waals surface area contributed by atoms with Crippen LogP contribution in [0.15, 0.2) is 36.5 Å². The molecule has 5 nitrogen and oxygen atoms in total. The average molecular weight is 578 g/mol. The molecule has 0 aromatic carbocycles. The van der Waals surface area contributed by atoms with Crippen LogP contribution in [0.2, 0.25) is 0 Å². The SMILES string of the molecule is C/C=C/CC/C=C/CCCC(O)C(O)C(CO)NC(=O)CCCCCCCCC/C=C\CCCCCCCCCC. The number of rotatable bonds is 30. The summed E-state index contributed by atoms with van der Waals surface area (Å²) >= 11 is 0. The highest BCUT2D eigenvalue weighted by molar-refractivity contribution is 5.76. The minimum absolute atomic E-state index is 0.168. The molecule has 0 spiro atoms. The first-order valence-electron chi connectivity index (χ1n) is 17.2. The fourth-order valence-electron chi connectivity index (χ4n) is 5.06. The second-order valence-corrected chi connectivity index (χ2v) is 11.7. The third kappa shape index (κ3) is 27.2. The molecule has 240 valence electrons. The Morgan fingerprint density at radius 1 is 0.634 bits per heavy atom. The van der Waals surface area contributed by atoms with E-state index in [-0.39, 0.29) is 12.5 Å². The Morgan fingerprint density at radius 3 is 1.63 bits per heavy atom. The van der Waals surface area contributed by atoms with Crippen LogP contribution in [0, 0.1) is 0 Å². The molecular formula is C36H67NO4. The van der Waals surface area contributed by atoms with Crippen LogP contribution < -0.4 is 5.32 Å². The van der Waals surface area contributed by atoms with Gasteiger partial charge in [-0.05, 0) is 71.1 Å². The van der Waals surface area contributed by atoms with E-state index in [1.807, 2.05) is 13.0 Å². The van der Waals surface area contributed by atoms with Crippen molar-refractivity contribution >= 4 is 5.91 Å². The number of carbonyl (C=O) groups is 1. The lowest BCUT2D eigenvalue weighted by molar-refractivity contribution is -0.124. The molecule has 0 heterocycles. The average Bonchev–Trinajstić information content (AvgIpc) is 2.97. The summed E-state index contributed by atoms with van der Waals surface area (Å²) in [5.74, 6) is -0.168. The Labute approximate surface area is 254 Å². The molecule has 0 radical (unpaired) electrons. The van der Waals surface area contributed by atoms with Crippen molar-refractivity contribution in [2.75, 3.05) is 6.61 Å². The van der Waals surface area contributed by atoms with Gasteiger partial charge in [-0.1, -0.05) is 120 Å². The fraction of sp³-hybridized carbons (Fsp3) is 0.806. The quantitative estimate of drug-likeness (QED) is 0.0507. The van der Waals surface area contributed by atoms with Crippen LogP contribution in [-0.4, -0.2) is 46.1 Å². The number of unbranched alkanes of at least 4 members (excludes halogenated alkanes) is 17. The molecule has 41 heavy (non-hydrogen) atoms. The van der Waals surface area contributed by atoms with Crippen LogP contribution in [0.4, 0.5) is 0 Å². The number of carbonyl (C=O) groups excluding carboxylic acids is 1. The monoisotopic (exact) mass is 578 g/mol. The van der Waals surface area contributed by atoms with Crippen LogP contribution >= 0.6 is 0 Å². The van der Waals surface area contributed by atoms with Crippen LogP contribution in [0.1, 0.15) is 162 Å². The first-order valence-corrected chi connectivity index (χ1v) is 17.2. The van der Waals surface area contributed by atoms with Gasteiger partial charge in [-0.2, -0.15) is 0 Å². The van der Waals surface area contributed by atoms with E-state index < -0.39 is 18.2 Å². The fourth-order valence-corrected chi connectivity index (χ4v) is 5.06. The third-order valence-corrected chi connectivity index (χ3v) is 7.79. The van der Waals surface area contributed by atoms with Gasteiger partial charge in [0, 0.05) is 6.42 Å². The number of aliphatic hydroxyl groups excluding tert-OH is 3. The largest absolute Gasteiger partial charge is 0.394 e. The Bertz CT molecular complexity index is 645. The van der Waals surface area contributed by atoms with Gasteiger partial charge in [0.25, 0.3) is 0 Å². The number of hydrogen-bond donors (Lipinski definition) is 4. The summed E-state index contributed by atoms with van der Waals surface area (Å²) in [6.45, 7) is 3.90. The van der Waals surface area contributed by atoms with Crippen LogP contribution in [0.3, 0.4) is 0 Å². The van der Waals surface area contributed by atoms with Crippen molar-refractivity contribution in [1.82, 2.24) is 5.32 Å². The molecule has 0 saturated carbocycles. The van der Waals surface area contributed by atoms with Crippen molar-refractivity contribution in [3.8, 4) is 0 Å². The highest BCUT2D eigenvalue weighted by Crippen LogP contribution is 2.13. The van der Waals surface area contributed by atoms with Gasteiger partial charge in [0.15, 0.2) is 0 Å². The van der Waals surface area contributed by atoms with E-state index >= 15 is 0 Å². The topological polar surface area (TPSA) is 89.8 Å². The molecule has 0 fully saturated rings. The smallest absolute Gasteiger partial charge is 0.220 e. The van der Waals surface area contributed by atoms with Gasteiger partial charge in [-0.3, -0.25) is 4.79 Å². The van der Waals surface area contributed by atoms with Gasteiger partial charge in [0.2, 0.25) is 5.91 Å². The summed E-state index contributed by atoms with van der Waals surface area (Å²) in [4.78, 5) is 12.3. The lowest BCUT2D eigenvalue weighted by atomic mass is 10.0. The van der Waals surface area contributed by atoms with Gasteiger partial charge in [0.1, 0.15) is 6.10 Å². The Kier molecular flexibility index (Phi) is 30.4. The van der Waals surface area contributed by atoms with Crippen LogP contribution in [0.5, 0.6) is 0 Å². The molecule has 4 N–H and O–H groups in total. The Morgan fingerprint density at radius 2 is 1.10 bits per heavy atom. The van der Waals surface area contributed by atoms with Gasteiger partial charge in [0.05, 0.1) is 18.8 Å². The number of hydrogen-bond acceptors (Lipinski definition) is 4. The zero-order chi connectivity index (χ0) is 30.2. The molecule has 0 aromatic heterocycles. The predicted molar refractivity (Wildman–Crippen MR) is 176 cm³/mol. The Balaban J connectivity index is 3.69. The molecule has 0 aliphatic rings. The number of nitrogens with one attached hydrogen (secondary N) is 1. The normalized spacial score (nSPS) is 14.4. The molecule has 0 aromatic rings. The minimum atomic E-state index is -1.16. The minimum Gasteiger partial charge on any atom is -0.394 e. The molecule has 3 unspecified atom stereocenters. The zero-order valence-electron chi connectivity index (χ0n) is 26.9. The van der Waals surface area contributed by atoms with Gasteiger partial charge in [-0.25, -0.2) is 0 Å². The van der Waals surface area contributed by atoms with E-state index in [1.54, 1.807) is 0 Å². The highest BCUT2D eigenvalue weighted by atomic mass is 16.3. The van der Waals surface area contributed by atoms with E-state index in [2.05, 4.69) is 42.6 Å². The predicted octanol–water partition coefficient (Wildman–Crippen LogP) is 8.87. The summed E-state index contributed by atoms with van der Waals surface area (Å²) in [6, 6.07) is -0.830. The summed E-state index contributed by atoms with van der Waals surface area (Å²) in [7, 11) is 0. The molecular weight excluding hydrogens is 510 g/mol. The van der Waals surface area contributed by atoms with Gasteiger partial charge >= 0.3 is 0 Å². The number of aliphatic hydroxyl groups is 3. The first kappa shape index (κ1) is 39.6. The molecule has 0 bridgehead atoms. The summed E-state index contributed by atoms with van der Waals surface area (Å²) in [6.07, 6.45) is 36.9. The lowest BCUT2D eigenvalue weighted by Gasteiger charge is -2.26. The molecule has 0 saturated heterocycles. The molecule has 5 heteroatoms. The number of allylic oxidation sites excluding steroid dienone is 6. The lowest BCUT2D eigenvalue weighted by Crippen LogP contribution is -2.50. The first-order chi connectivity index (χ1) is 20.1. The van der Waals surface area contributed by atoms with Crippen molar-refractivity contribution in [1.29, 1.82) is 0 Å². The van der Waals surface area contributed by atoms with E-state index in [4.69, 9.17) is 0 Å². The molecule has 3 atom stereocenters. The van der Waals surface area contributed by atoms with E-state index in [9.17, 15) is 20.1 Å². The van der Waals surface area contributed by atoms with E-state index in [1.165, 1.54) is 89.9 Å². The van der Waals surface area contributed by atoms with Crippen molar-refractivity contribution in [3.63, 3.8) is 0 Å². The van der Waals surface area contributed by atoms with Gasteiger partial charge < -0.3 is 20.6 Å². The maximum absolute atomic E-state index is 12.3. The molecule has 0 aliphatic carbocycles. The molecule has 0 aliphatic heterocycles. The maximum atomic E-state index is 12.3. The van der Waals surface area contributed by atoms with Crippen LogP contribution in [0.25, 0.3) is 0 Å². The summed E-state index contributed by atoms with van der Waals surface area (Å²) in [5, 5.41) is 33.1. The zero-order valence-corrected chi connectivity index (χ0v) is 26.9. The van der Waals surface area contributed by atoms with Crippen LogP contribution in [-0.2, 0) is 4.79 Å². The standard InChI is InChI=1S/C36H67NO4/c1-3-5-7-9-11-13-14-15-16-17-18-19-20-21-22-23-25-27-29-31-35(40)37-33(32-38)36(41)34(39)30-28-26-24-12-10-8-6-4-2/h4,6,12,17-18,24,33-34,36,38-39,41H,3,5,7-11,13-16,19-23,25-32H2,1-2H3,(H,37,40)/b6-4+,18-17-,24-12+. The van der Waals surface area contributed by atoms with Gasteiger partial charge in [-0.15, -0.1) is 0 Å².